The molecular formula is C17H23NO5. The zero-order valence-corrected chi connectivity index (χ0v) is 13.9. The van der Waals surface area contributed by atoms with Gasteiger partial charge in [0.1, 0.15) is 12.8 Å². The highest BCUT2D eigenvalue weighted by atomic mass is 16.6. The van der Waals surface area contributed by atoms with E-state index in [9.17, 15) is 9.59 Å². The van der Waals surface area contributed by atoms with Gasteiger partial charge in [-0.2, -0.15) is 0 Å². The highest BCUT2D eigenvalue weighted by molar-refractivity contribution is 5.82. The molecule has 0 aromatic heterocycles. The summed E-state index contributed by atoms with van der Waals surface area (Å²) < 4.78 is 15.8. The predicted octanol–water partition coefficient (Wildman–Crippen LogP) is 2.57. The van der Waals surface area contributed by atoms with Crippen molar-refractivity contribution in [3.63, 3.8) is 0 Å². The molecule has 1 saturated heterocycles. The topological polar surface area (TPSA) is 65.1 Å². The molecule has 23 heavy (non-hydrogen) atoms. The summed E-state index contributed by atoms with van der Waals surface area (Å²) in [6.07, 6.45) is -1.13. The van der Waals surface area contributed by atoms with E-state index in [1.807, 2.05) is 51.1 Å². The molecule has 0 spiro atoms. The number of benzene rings is 1. The molecule has 0 radical (unpaired) electrons. The van der Waals surface area contributed by atoms with Crippen LogP contribution in [-0.2, 0) is 25.6 Å². The van der Waals surface area contributed by atoms with Crippen LogP contribution in [0.4, 0.5) is 4.79 Å². The summed E-state index contributed by atoms with van der Waals surface area (Å²) in [5.74, 6) is -0.506. The van der Waals surface area contributed by atoms with Gasteiger partial charge in [0.15, 0.2) is 6.04 Å². The van der Waals surface area contributed by atoms with E-state index in [0.717, 1.165) is 5.56 Å². The lowest BCUT2D eigenvalue weighted by Crippen LogP contribution is -2.50. The number of carbonyl (C=O) groups excluding carboxylic acids is 2. The highest BCUT2D eigenvalue weighted by Gasteiger charge is 2.48. The Kier molecular flexibility index (Phi) is 5.26. The summed E-state index contributed by atoms with van der Waals surface area (Å²) in [4.78, 5) is 25.8. The van der Waals surface area contributed by atoms with E-state index in [0.29, 0.717) is 0 Å². The molecule has 0 saturated carbocycles. The Balaban J connectivity index is 2.12. The van der Waals surface area contributed by atoms with E-state index < -0.39 is 24.3 Å². The van der Waals surface area contributed by atoms with E-state index >= 15 is 0 Å². The fourth-order valence-corrected chi connectivity index (χ4v) is 2.51. The molecule has 2 rings (SSSR count). The van der Waals surface area contributed by atoms with E-state index in [1.54, 1.807) is 0 Å². The summed E-state index contributed by atoms with van der Waals surface area (Å²) >= 11 is 0. The molecule has 0 unspecified atom stereocenters. The normalized spacial score (nSPS) is 21.1. The van der Waals surface area contributed by atoms with Crippen LogP contribution in [0.15, 0.2) is 30.3 Å². The number of nitrogens with zero attached hydrogens (tertiary/aromatic N) is 1. The molecule has 1 heterocycles. The van der Waals surface area contributed by atoms with Crippen LogP contribution in [0.25, 0.3) is 0 Å². The van der Waals surface area contributed by atoms with Crippen molar-refractivity contribution in [2.24, 2.45) is 5.41 Å². The summed E-state index contributed by atoms with van der Waals surface area (Å²) in [7, 11) is 1.29. The number of rotatable bonds is 3. The van der Waals surface area contributed by atoms with Gasteiger partial charge in [-0.15, -0.1) is 0 Å². The Morgan fingerprint density at radius 2 is 1.91 bits per heavy atom. The molecule has 126 valence electrons. The number of hydrogen-bond donors (Lipinski definition) is 0. The first kappa shape index (κ1) is 17.3. The minimum absolute atomic E-state index is 0.106. The predicted molar refractivity (Wildman–Crippen MR) is 83.5 cm³/mol. The van der Waals surface area contributed by atoms with E-state index in [2.05, 4.69) is 0 Å². The standard InChI is InChI=1S/C17H23NO5/c1-17(2,3)15-18(13(11-22-15)14(19)21-4)16(20)23-10-12-8-6-5-7-9-12/h5-9,13,15H,10-11H2,1-4H3/t13-,15-/m0/s1. The van der Waals surface area contributed by atoms with Crippen LogP contribution in [-0.4, -0.2) is 42.9 Å². The van der Waals surface area contributed by atoms with Gasteiger partial charge in [0.25, 0.3) is 0 Å². The van der Waals surface area contributed by atoms with Gasteiger partial charge >= 0.3 is 12.1 Å². The first-order chi connectivity index (χ1) is 10.8. The Bertz CT molecular complexity index is 552. The molecule has 6 nitrogen and oxygen atoms in total. The molecule has 1 fully saturated rings. The minimum atomic E-state index is -0.785. The number of hydrogen-bond acceptors (Lipinski definition) is 5. The molecule has 1 aliphatic heterocycles. The lowest BCUT2D eigenvalue weighted by molar-refractivity contribution is -0.145. The van der Waals surface area contributed by atoms with Gasteiger partial charge in [-0.3, -0.25) is 4.90 Å². The second-order valence-electron chi connectivity index (χ2n) is 6.54. The number of ether oxygens (including phenoxy) is 3. The Morgan fingerprint density at radius 3 is 2.48 bits per heavy atom. The quantitative estimate of drug-likeness (QED) is 0.801. The van der Waals surface area contributed by atoms with Crippen molar-refractivity contribution in [1.82, 2.24) is 4.90 Å². The minimum Gasteiger partial charge on any atom is -0.467 e. The zero-order valence-electron chi connectivity index (χ0n) is 13.9. The summed E-state index contributed by atoms with van der Waals surface area (Å²) in [6.45, 7) is 6.06. The molecule has 1 aromatic carbocycles. The molecule has 1 aliphatic rings. The molecule has 1 aromatic rings. The second-order valence-corrected chi connectivity index (χ2v) is 6.54. The van der Waals surface area contributed by atoms with Crippen LogP contribution in [0, 0.1) is 5.41 Å². The van der Waals surface area contributed by atoms with Crippen LogP contribution in [0.3, 0.4) is 0 Å². The average Bonchev–Trinajstić information content (AvgIpc) is 2.98. The van der Waals surface area contributed by atoms with E-state index in [4.69, 9.17) is 14.2 Å². The monoisotopic (exact) mass is 321 g/mol. The van der Waals surface area contributed by atoms with Crippen molar-refractivity contribution in [2.75, 3.05) is 13.7 Å². The third-order valence-corrected chi connectivity index (χ3v) is 3.63. The SMILES string of the molecule is COC(=O)[C@@H]1CO[C@@H](C(C)(C)C)N1C(=O)OCc1ccccc1. The van der Waals surface area contributed by atoms with Gasteiger partial charge in [-0.05, 0) is 5.56 Å². The molecular weight excluding hydrogens is 298 g/mol. The van der Waals surface area contributed by atoms with Gasteiger partial charge in [-0.1, -0.05) is 51.1 Å². The molecule has 2 atom stereocenters. The number of amides is 1. The molecule has 6 heteroatoms. The van der Waals surface area contributed by atoms with Crippen molar-refractivity contribution < 1.29 is 23.8 Å². The number of esters is 1. The summed E-state index contributed by atoms with van der Waals surface area (Å²) in [5.41, 5.74) is 0.525. The van der Waals surface area contributed by atoms with Gasteiger partial charge in [0.05, 0.1) is 13.7 Å². The van der Waals surface area contributed by atoms with Crippen LogP contribution < -0.4 is 0 Å². The Morgan fingerprint density at radius 1 is 1.26 bits per heavy atom. The molecule has 0 aliphatic carbocycles. The first-order valence-corrected chi connectivity index (χ1v) is 7.53. The van der Waals surface area contributed by atoms with Gasteiger partial charge in [-0.25, -0.2) is 9.59 Å². The zero-order chi connectivity index (χ0) is 17.0. The fraction of sp³-hybridized carbons (Fsp3) is 0.529. The average molecular weight is 321 g/mol. The maximum atomic E-state index is 12.5. The number of carbonyl (C=O) groups is 2. The van der Waals surface area contributed by atoms with Gasteiger partial charge < -0.3 is 14.2 Å². The number of methoxy groups -OCH3 is 1. The van der Waals surface area contributed by atoms with Gasteiger partial charge in [0.2, 0.25) is 0 Å². The summed E-state index contributed by atoms with van der Waals surface area (Å²) in [5, 5.41) is 0. The largest absolute Gasteiger partial charge is 0.467 e. The second kappa shape index (κ2) is 7.00. The molecule has 1 amide bonds. The maximum absolute atomic E-state index is 12.5. The van der Waals surface area contributed by atoms with Crippen molar-refractivity contribution in [3.05, 3.63) is 35.9 Å². The third kappa shape index (κ3) is 4.01. The van der Waals surface area contributed by atoms with Crippen LogP contribution in [0.1, 0.15) is 26.3 Å². The molecule has 0 N–H and O–H groups in total. The van der Waals surface area contributed by atoms with Crippen molar-refractivity contribution in [2.45, 2.75) is 39.6 Å². The van der Waals surface area contributed by atoms with Crippen molar-refractivity contribution in [1.29, 1.82) is 0 Å². The van der Waals surface area contributed by atoms with E-state index in [-0.39, 0.29) is 18.6 Å². The van der Waals surface area contributed by atoms with Crippen LogP contribution in [0.5, 0.6) is 0 Å². The lowest BCUT2D eigenvalue weighted by Gasteiger charge is -2.34. The van der Waals surface area contributed by atoms with Crippen molar-refractivity contribution in [3.8, 4) is 0 Å². The highest BCUT2D eigenvalue weighted by Crippen LogP contribution is 2.32. The van der Waals surface area contributed by atoms with Crippen molar-refractivity contribution >= 4 is 12.1 Å². The maximum Gasteiger partial charge on any atom is 0.413 e. The third-order valence-electron chi connectivity index (χ3n) is 3.63. The Hall–Kier alpha value is -2.08. The van der Waals surface area contributed by atoms with Crippen LogP contribution in [0.2, 0.25) is 0 Å². The fourth-order valence-electron chi connectivity index (χ4n) is 2.51. The Labute approximate surface area is 136 Å². The summed E-state index contributed by atoms with van der Waals surface area (Å²) in [6, 6.07) is 8.59. The van der Waals surface area contributed by atoms with E-state index in [1.165, 1.54) is 12.0 Å². The lowest BCUT2D eigenvalue weighted by atomic mass is 9.93. The smallest absolute Gasteiger partial charge is 0.413 e. The van der Waals surface area contributed by atoms with Gasteiger partial charge in [0, 0.05) is 5.41 Å². The first-order valence-electron chi connectivity index (χ1n) is 7.53. The molecule has 0 bridgehead atoms. The van der Waals surface area contributed by atoms with Crippen LogP contribution >= 0.6 is 0 Å².